The summed E-state index contributed by atoms with van der Waals surface area (Å²) in [6.45, 7) is 3.45. The molecule has 0 saturated heterocycles. The first-order valence-electron chi connectivity index (χ1n) is 4.93. The Hall–Kier alpha value is -1.54. The Morgan fingerprint density at radius 1 is 1.50 bits per heavy atom. The molecule has 5 heteroatoms. The van der Waals surface area contributed by atoms with Crippen LogP contribution in [0.15, 0.2) is 23.1 Å². The van der Waals surface area contributed by atoms with Gasteiger partial charge in [0, 0.05) is 0 Å². The Bertz CT molecular complexity index is 529. The van der Waals surface area contributed by atoms with Gasteiger partial charge in [0.2, 0.25) is 0 Å². The summed E-state index contributed by atoms with van der Waals surface area (Å²) >= 11 is 0. The smallest absolute Gasteiger partial charge is 0.196 e. The quantitative estimate of drug-likeness (QED) is 0.811. The van der Waals surface area contributed by atoms with E-state index in [1.807, 2.05) is 0 Å². The molecule has 1 aromatic carbocycles. The summed E-state index contributed by atoms with van der Waals surface area (Å²) in [5, 5.41) is 7.78. The van der Waals surface area contributed by atoms with Gasteiger partial charge < -0.3 is 5.73 Å². The predicted molar refractivity (Wildman–Crippen MR) is 62.5 cm³/mol. The van der Waals surface area contributed by atoms with Crippen molar-refractivity contribution in [1.82, 2.24) is 0 Å². The van der Waals surface area contributed by atoms with Gasteiger partial charge in [0.1, 0.15) is 0 Å². The maximum absolute atomic E-state index is 12.1. The van der Waals surface area contributed by atoms with Gasteiger partial charge in [0.05, 0.1) is 16.7 Å². The van der Waals surface area contributed by atoms with Crippen LogP contribution in [0.5, 0.6) is 0 Å². The molecule has 0 aromatic heterocycles. The third kappa shape index (κ3) is 2.17. The predicted octanol–water partition coefficient (Wildman–Crippen LogP) is 1.65. The summed E-state index contributed by atoms with van der Waals surface area (Å²) in [7, 11) is -3.64. The Morgan fingerprint density at radius 3 is 2.62 bits per heavy atom. The number of hydrogen-bond donors (Lipinski definition) is 1. The zero-order valence-electron chi connectivity index (χ0n) is 9.27. The van der Waals surface area contributed by atoms with Crippen molar-refractivity contribution < 1.29 is 8.42 Å². The molecule has 0 amide bonds. The van der Waals surface area contributed by atoms with Crippen molar-refractivity contribution >= 4 is 15.5 Å². The average Bonchev–Trinajstić information content (AvgIpc) is 2.23. The summed E-state index contributed by atoms with van der Waals surface area (Å²) in [6.07, 6.45) is 0.256. The largest absolute Gasteiger partial charge is 0.398 e. The second-order valence-corrected chi connectivity index (χ2v) is 5.71. The molecule has 0 spiro atoms. The van der Waals surface area contributed by atoms with E-state index in [1.54, 1.807) is 32.0 Å². The fourth-order valence-corrected chi connectivity index (χ4v) is 3.05. The van der Waals surface area contributed by atoms with E-state index in [0.717, 1.165) is 5.56 Å². The summed E-state index contributed by atoms with van der Waals surface area (Å²) in [5.41, 5.74) is 6.63. The Labute approximate surface area is 95.6 Å². The lowest BCUT2D eigenvalue weighted by molar-refractivity contribution is 0.588. The molecule has 0 radical (unpaired) electrons. The molecule has 0 aliphatic heterocycles. The molecular weight excluding hydrogens is 224 g/mol. The molecule has 0 fully saturated rings. The Kier molecular flexibility index (Phi) is 3.55. The topological polar surface area (TPSA) is 84.0 Å². The molecule has 0 bridgehead atoms. The highest BCUT2D eigenvalue weighted by molar-refractivity contribution is 7.92. The average molecular weight is 238 g/mol. The van der Waals surface area contributed by atoms with Crippen LogP contribution in [0.1, 0.15) is 18.9 Å². The van der Waals surface area contributed by atoms with Crippen LogP contribution in [0, 0.1) is 18.3 Å². The Morgan fingerprint density at radius 2 is 2.12 bits per heavy atom. The third-order valence-corrected chi connectivity index (χ3v) is 4.52. The fourth-order valence-electron chi connectivity index (χ4n) is 1.42. The lowest BCUT2D eigenvalue weighted by Crippen LogP contribution is -2.20. The number of hydrogen-bond acceptors (Lipinski definition) is 4. The van der Waals surface area contributed by atoms with E-state index >= 15 is 0 Å². The summed E-state index contributed by atoms with van der Waals surface area (Å²) < 4.78 is 24.1. The molecule has 2 N–H and O–H groups in total. The molecule has 1 unspecified atom stereocenters. The van der Waals surface area contributed by atoms with E-state index < -0.39 is 15.1 Å². The molecule has 1 atom stereocenters. The van der Waals surface area contributed by atoms with Crippen LogP contribution in [0.3, 0.4) is 0 Å². The first-order valence-corrected chi connectivity index (χ1v) is 6.47. The number of nitrogens with two attached hydrogens (primary N) is 1. The first kappa shape index (κ1) is 12.5. The maximum Gasteiger partial charge on any atom is 0.196 e. The van der Waals surface area contributed by atoms with Gasteiger partial charge in [-0.3, -0.25) is 0 Å². The second kappa shape index (κ2) is 4.54. The lowest BCUT2D eigenvalue weighted by Gasteiger charge is -2.11. The third-order valence-electron chi connectivity index (χ3n) is 2.36. The molecule has 86 valence electrons. The van der Waals surface area contributed by atoms with Crippen molar-refractivity contribution in [3.8, 4) is 6.07 Å². The Balaban J connectivity index is 3.39. The van der Waals surface area contributed by atoms with Gasteiger partial charge in [0.15, 0.2) is 15.1 Å². The van der Waals surface area contributed by atoms with E-state index in [0.29, 0.717) is 0 Å². The van der Waals surface area contributed by atoms with Gasteiger partial charge in [-0.1, -0.05) is 13.0 Å². The van der Waals surface area contributed by atoms with Crippen LogP contribution in [0.4, 0.5) is 5.69 Å². The number of anilines is 1. The molecule has 0 aliphatic carbocycles. The van der Waals surface area contributed by atoms with Gasteiger partial charge in [-0.25, -0.2) is 8.42 Å². The lowest BCUT2D eigenvalue weighted by atomic mass is 10.2. The van der Waals surface area contributed by atoms with Crippen molar-refractivity contribution in [2.45, 2.75) is 30.4 Å². The highest BCUT2D eigenvalue weighted by Crippen LogP contribution is 2.24. The summed E-state index contributed by atoms with van der Waals surface area (Å²) in [5.74, 6) is 0. The van der Waals surface area contributed by atoms with Crippen LogP contribution >= 0.6 is 0 Å². The molecule has 0 heterocycles. The van der Waals surface area contributed by atoms with Gasteiger partial charge >= 0.3 is 0 Å². The van der Waals surface area contributed by atoms with Crippen LogP contribution < -0.4 is 5.73 Å². The molecule has 0 aliphatic rings. The van der Waals surface area contributed by atoms with Gasteiger partial charge in [-0.15, -0.1) is 0 Å². The van der Waals surface area contributed by atoms with Crippen molar-refractivity contribution in [3.63, 3.8) is 0 Å². The number of aryl methyl sites for hydroxylation is 1. The SMILES string of the molecule is CCC(C#N)S(=O)(=O)c1cc(C)ccc1N. The van der Waals surface area contributed by atoms with Gasteiger partial charge in [0.25, 0.3) is 0 Å². The number of benzene rings is 1. The van der Waals surface area contributed by atoms with Gasteiger partial charge in [-0.2, -0.15) is 5.26 Å². The first-order chi connectivity index (χ1) is 7.43. The maximum atomic E-state index is 12.1. The molecule has 1 aromatic rings. The second-order valence-electron chi connectivity index (χ2n) is 3.61. The van der Waals surface area contributed by atoms with Crippen molar-refractivity contribution in [1.29, 1.82) is 5.26 Å². The standard InChI is InChI=1S/C11H14N2O2S/c1-3-9(7-12)16(14,15)11-6-8(2)4-5-10(11)13/h4-6,9H,3,13H2,1-2H3. The van der Waals surface area contributed by atoms with E-state index in [2.05, 4.69) is 0 Å². The number of nitrogens with zero attached hydrogens (tertiary/aromatic N) is 1. The van der Waals surface area contributed by atoms with Crippen molar-refractivity contribution in [3.05, 3.63) is 23.8 Å². The minimum Gasteiger partial charge on any atom is -0.398 e. The van der Waals surface area contributed by atoms with Crippen molar-refractivity contribution in [2.24, 2.45) is 0 Å². The van der Waals surface area contributed by atoms with E-state index in [4.69, 9.17) is 11.0 Å². The fraction of sp³-hybridized carbons (Fsp3) is 0.364. The van der Waals surface area contributed by atoms with E-state index in [1.165, 1.54) is 6.07 Å². The van der Waals surface area contributed by atoms with Gasteiger partial charge in [-0.05, 0) is 31.0 Å². The zero-order valence-corrected chi connectivity index (χ0v) is 10.1. The normalized spacial score (nSPS) is 13.1. The highest BCUT2D eigenvalue weighted by Gasteiger charge is 2.27. The minimum absolute atomic E-state index is 0.0564. The number of nitriles is 1. The van der Waals surface area contributed by atoms with Crippen LogP contribution in [0.2, 0.25) is 0 Å². The minimum atomic E-state index is -3.64. The number of sulfone groups is 1. The molecule has 0 saturated carbocycles. The summed E-state index contributed by atoms with van der Waals surface area (Å²) in [4.78, 5) is 0.0564. The molecule has 16 heavy (non-hydrogen) atoms. The highest BCUT2D eigenvalue weighted by atomic mass is 32.2. The van der Waals surface area contributed by atoms with Crippen LogP contribution in [-0.4, -0.2) is 13.7 Å². The monoisotopic (exact) mass is 238 g/mol. The number of rotatable bonds is 3. The zero-order chi connectivity index (χ0) is 12.3. The van der Waals surface area contributed by atoms with Crippen LogP contribution in [-0.2, 0) is 9.84 Å². The molecular formula is C11H14N2O2S. The molecule has 1 rings (SSSR count). The number of nitrogen functional groups attached to an aromatic ring is 1. The molecule has 4 nitrogen and oxygen atoms in total. The van der Waals surface area contributed by atoms with E-state index in [9.17, 15) is 8.42 Å². The van der Waals surface area contributed by atoms with Crippen LogP contribution in [0.25, 0.3) is 0 Å². The summed E-state index contributed by atoms with van der Waals surface area (Å²) in [6, 6.07) is 6.58. The van der Waals surface area contributed by atoms with Crippen molar-refractivity contribution in [2.75, 3.05) is 5.73 Å². The van der Waals surface area contributed by atoms with E-state index in [-0.39, 0.29) is 17.0 Å².